The van der Waals surface area contributed by atoms with Crippen LogP contribution in [0.3, 0.4) is 0 Å². The van der Waals surface area contributed by atoms with Gasteiger partial charge in [0.25, 0.3) is 0 Å². The van der Waals surface area contributed by atoms with Crippen LogP contribution in [0.2, 0.25) is 0 Å². The summed E-state index contributed by atoms with van der Waals surface area (Å²) < 4.78 is 0. The predicted molar refractivity (Wildman–Crippen MR) is 65.9 cm³/mol. The van der Waals surface area contributed by atoms with E-state index in [1.807, 2.05) is 49.4 Å². The molecule has 0 aliphatic carbocycles. The van der Waals surface area contributed by atoms with Gasteiger partial charge in [-0.05, 0) is 18.1 Å². The molecule has 0 unspecified atom stereocenters. The number of amides is 2. The van der Waals surface area contributed by atoms with Crippen LogP contribution in [0, 0.1) is 0 Å². The lowest BCUT2D eigenvalue weighted by molar-refractivity contribution is 0.249. The Hall–Kier alpha value is -2.10. The van der Waals surface area contributed by atoms with E-state index >= 15 is 0 Å². The van der Waals surface area contributed by atoms with E-state index in [-0.39, 0.29) is 0 Å². The van der Waals surface area contributed by atoms with Gasteiger partial charge in [-0.2, -0.15) is 5.10 Å². The molecule has 84 valence electrons. The number of benzene rings is 1. The molecule has 1 aromatic carbocycles. The number of carbonyl (C=O) groups is 1. The molecule has 0 spiro atoms. The summed E-state index contributed by atoms with van der Waals surface area (Å²) >= 11 is 0. The van der Waals surface area contributed by atoms with E-state index in [2.05, 4.69) is 10.5 Å². The first-order valence-corrected chi connectivity index (χ1v) is 5.07. The molecule has 0 fully saturated rings. The molecule has 0 aromatic heterocycles. The molecule has 0 atom stereocenters. The van der Waals surface area contributed by atoms with Gasteiger partial charge in [-0.15, -0.1) is 0 Å². The molecule has 2 amide bonds. The Morgan fingerprint density at radius 1 is 1.44 bits per heavy atom. The van der Waals surface area contributed by atoms with Crippen molar-refractivity contribution in [2.24, 2.45) is 10.8 Å². The number of urea groups is 1. The van der Waals surface area contributed by atoms with Gasteiger partial charge >= 0.3 is 6.03 Å². The molecule has 4 heteroatoms. The van der Waals surface area contributed by atoms with E-state index < -0.39 is 6.03 Å². The smallest absolute Gasteiger partial charge is 0.332 e. The van der Waals surface area contributed by atoms with Crippen molar-refractivity contribution < 1.29 is 4.79 Å². The molecule has 16 heavy (non-hydrogen) atoms. The van der Waals surface area contributed by atoms with Gasteiger partial charge in [-0.1, -0.05) is 43.3 Å². The van der Waals surface area contributed by atoms with Crippen molar-refractivity contribution in [2.45, 2.75) is 13.3 Å². The monoisotopic (exact) mass is 217 g/mol. The van der Waals surface area contributed by atoms with E-state index in [1.165, 1.54) is 0 Å². The number of hydrazone groups is 1. The van der Waals surface area contributed by atoms with E-state index in [0.29, 0.717) is 0 Å². The molecule has 0 heterocycles. The second kappa shape index (κ2) is 6.40. The number of nitrogens with one attached hydrogen (secondary N) is 1. The summed E-state index contributed by atoms with van der Waals surface area (Å²) in [6.45, 7) is 1.96. The standard InChI is InChI=1S/C12H15N3O/c1-2-11(14-15-12(13)16)9-8-10-6-4-3-5-7-10/h3-9H,2H2,1H3,(H3,13,15,16)/b9-8+,14-11+. The average Bonchev–Trinajstić information content (AvgIpc) is 2.30. The molecule has 0 bridgehead atoms. The van der Waals surface area contributed by atoms with Crippen molar-refractivity contribution in [3.8, 4) is 0 Å². The normalized spacial score (nSPS) is 11.7. The van der Waals surface area contributed by atoms with Crippen molar-refractivity contribution in [3.63, 3.8) is 0 Å². The van der Waals surface area contributed by atoms with Crippen molar-refractivity contribution in [1.82, 2.24) is 5.43 Å². The third kappa shape index (κ3) is 4.41. The summed E-state index contributed by atoms with van der Waals surface area (Å²) in [5, 5.41) is 3.86. The van der Waals surface area contributed by atoms with Crippen LogP contribution in [0.5, 0.6) is 0 Å². The lowest BCUT2D eigenvalue weighted by atomic mass is 10.2. The van der Waals surface area contributed by atoms with Crippen LogP contribution >= 0.6 is 0 Å². The molecule has 1 rings (SSSR count). The SMILES string of the molecule is CCC(/C=C/c1ccccc1)=N\NC(N)=O. The van der Waals surface area contributed by atoms with Gasteiger partial charge in [0.05, 0.1) is 5.71 Å². The molecule has 0 radical (unpaired) electrons. The summed E-state index contributed by atoms with van der Waals surface area (Å²) in [6, 6.07) is 9.21. The van der Waals surface area contributed by atoms with Gasteiger partial charge in [0.2, 0.25) is 0 Å². The zero-order valence-corrected chi connectivity index (χ0v) is 9.18. The summed E-state index contributed by atoms with van der Waals surface area (Å²) in [4.78, 5) is 10.5. The molecule has 0 saturated carbocycles. The van der Waals surface area contributed by atoms with Crippen molar-refractivity contribution in [2.75, 3.05) is 0 Å². The van der Waals surface area contributed by atoms with Crippen molar-refractivity contribution in [3.05, 3.63) is 42.0 Å². The Morgan fingerprint density at radius 3 is 2.69 bits per heavy atom. The lowest BCUT2D eigenvalue weighted by Crippen LogP contribution is -2.25. The van der Waals surface area contributed by atoms with Crippen LogP contribution in [-0.4, -0.2) is 11.7 Å². The maximum absolute atomic E-state index is 10.5. The number of allylic oxidation sites excluding steroid dienone is 1. The molecule has 1 aromatic rings. The highest BCUT2D eigenvalue weighted by Gasteiger charge is 1.92. The van der Waals surface area contributed by atoms with Gasteiger partial charge in [0.15, 0.2) is 0 Å². The fourth-order valence-electron chi connectivity index (χ4n) is 1.12. The maximum atomic E-state index is 10.5. The van der Waals surface area contributed by atoms with Crippen LogP contribution in [0.25, 0.3) is 6.08 Å². The fraction of sp³-hybridized carbons (Fsp3) is 0.167. The number of rotatable bonds is 4. The first-order valence-electron chi connectivity index (χ1n) is 5.07. The third-order valence-corrected chi connectivity index (χ3v) is 1.94. The maximum Gasteiger partial charge on any atom is 0.332 e. The highest BCUT2D eigenvalue weighted by molar-refractivity contribution is 5.98. The van der Waals surface area contributed by atoms with Crippen LogP contribution in [-0.2, 0) is 0 Å². The second-order valence-electron chi connectivity index (χ2n) is 3.18. The number of hydrogen-bond acceptors (Lipinski definition) is 2. The Morgan fingerprint density at radius 2 is 2.12 bits per heavy atom. The minimum atomic E-state index is -0.654. The van der Waals surface area contributed by atoms with Crippen LogP contribution in [0.1, 0.15) is 18.9 Å². The minimum Gasteiger partial charge on any atom is -0.350 e. The first-order chi connectivity index (χ1) is 7.72. The average molecular weight is 217 g/mol. The molecule has 4 nitrogen and oxygen atoms in total. The predicted octanol–water partition coefficient (Wildman–Crippen LogP) is 2.13. The topological polar surface area (TPSA) is 67.5 Å². The van der Waals surface area contributed by atoms with E-state index in [1.54, 1.807) is 0 Å². The Balaban J connectivity index is 2.66. The fourth-order valence-corrected chi connectivity index (χ4v) is 1.12. The number of carbonyl (C=O) groups excluding carboxylic acids is 1. The highest BCUT2D eigenvalue weighted by atomic mass is 16.2. The minimum absolute atomic E-state index is 0.654. The zero-order chi connectivity index (χ0) is 11.8. The van der Waals surface area contributed by atoms with Gasteiger partial charge < -0.3 is 5.73 Å². The third-order valence-electron chi connectivity index (χ3n) is 1.94. The van der Waals surface area contributed by atoms with Crippen molar-refractivity contribution in [1.29, 1.82) is 0 Å². The van der Waals surface area contributed by atoms with Crippen LogP contribution < -0.4 is 11.2 Å². The molecular weight excluding hydrogens is 202 g/mol. The summed E-state index contributed by atoms with van der Waals surface area (Å²) in [5.74, 6) is 0. The van der Waals surface area contributed by atoms with Gasteiger partial charge in [-0.25, -0.2) is 10.2 Å². The van der Waals surface area contributed by atoms with Gasteiger partial charge in [0, 0.05) is 0 Å². The lowest BCUT2D eigenvalue weighted by Gasteiger charge is -1.97. The van der Waals surface area contributed by atoms with E-state index in [9.17, 15) is 4.79 Å². The first kappa shape index (κ1) is 12.0. The molecule has 0 saturated heterocycles. The van der Waals surface area contributed by atoms with Crippen molar-refractivity contribution >= 4 is 17.8 Å². The Labute approximate surface area is 94.8 Å². The molecule has 0 aliphatic heterocycles. The molecule has 3 N–H and O–H groups in total. The molecule has 0 aliphatic rings. The number of nitrogens with zero attached hydrogens (tertiary/aromatic N) is 1. The Bertz CT molecular complexity index is 396. The quantitative estimate of drug-likeness (QED) is 0.588. The second-order valence-corrected chi connectivity index (χ2v) is 3.18. The number of hydrogen-bond donors (Lipinski definition) is 2. The van der Waals surface area contributed by atoms with Gasteiger partial charge in [0.1, 0.15) is 0 Å². The Kier molecular flexibility index (Phi) is 4.79. The van der Waals surface area contributed by atoms with E-state index in [0.717, 1.165) is 17.7 Å². The van der Waals surface area contributed by atoms with Crippen LogP contribution in [0.4, 0.5) is 4.79 Å². The van der Waals surface area contributed by atoms with Gasteiger partial charge in [-0.3, -0.25) is 0 Å². The molecular formula is C12H15N3O. The number of primary amides is 1. The summed E-state index contributed by atoms with van der Waals surface area (Å²) in [5.41, 5.74) is 8.98. The van der Waals surface area contributed by atoms with Crippen LogP contribution in [0.15, 0.2) is 41.5 Å². The summed E-state index contributed by atoms with van der Waals surface area (Å²) in [6.07, 6.45) is 4.51. The largest absolute Gasteiger partial charge is 0.350 e. The zero-order valence-electron chi connectivity index (χ0n) is 9.18. The number of nitrogens with two attached hydrogens (primary N) is 1. The summed E-state index contributed by atoms with van der Waals surface area (Å²) in [7, 11) is 0. The highest BCUT2D eigenvalue weighted by Crippen LogP contribution is 2.01. The van der Waals surface area contributed by atoms with E-state index in [4.69, 9.17) is 5.73 Å².